The number of phenols is 1. The summed E-state index contributed by atoms with van der Waals surface area (Å²) < 4.78 is 45.4. The van der Waals surface area contributed by atoms with E-state index in [9.17, 15) is 27.9 Å². The van der Waals surface area contributed by atoms with Crippen molar-refractivity contribution in [1.82, 2.24) is 0 Å². The third-order valence-corrected chi connectivity index (χ3v) is 6.65. The number of amides is 1. The molecule has 0 radical (unpaired) electrons. The molecule has 4 aromatic rings. The topological polar surface area (TPSA) is 111 Å². The molecule has 0 aliphatic carbocycles. The van der Waals surface area contributed by atoms with Gasteiger partial charge in [0.1, 0.15) is 11.5 Å². The molecule has 3 N–H and O–H groups in total. The number of ether oxygens (including phenoxy) is 1. The molecule has 0 spiro atoms. The Bertz CT molecular complexity index is 1730. The van der Waals surface area contributed by atoms with Crippen LogP contribution in [-0.2, 0) is 11.0 Å². The predicted molar refractivity (Wildman–Crippen MR) is 147 cm³/mol. The van der Waals surface area contributed by atoms with Gasteiger partial charge in [-0.1, -0.05) is 30.3 Å². The third-order valence-electron chi connectivity index (χ3n) is 6.65. The summed E-state index contributed by atoms with van der Waals surface area (Å²) in [5.74, 6) is -0.901. The number of carboxylic acid groups (broad SMARTS) is 1. The van der Waals surface area contributed by atoms with E-state index in [0.29, 0.717) is 16.8 Å². The second-order valence-electron chi connectivity index (χ2n) is 9.31. The number of hydrogen-bond donors (Lipinski definition) is 3. The number of phenolic OH excluding ortho intramolecular Hbond substituents is 1. The van der Waals surface area contributed by atoms with E-state index in [1.54, 1.807) is 36.4 Å². The number of nitrogens with zero attached hydrogens (tertiary/aromatic N) is 2. The zero-order valence-corrected chi connectivity index (χ0v) is 21.7. The highest BCUT2D eigenvalue weighted by Crippen LogP contribution is 2.41. The van der Waals surface area contributed by atoms with E-state index in [1.165, 1.54) is 29.2 Å². The summed E-state index contributed by atoms with van der Waals surface area (Å²) in [7, 11) is 0. The van der Waals surface area contributed by atoms with E-state index in [2.05, 4.69) is 15.3 Å². The first kappa shape index (κ1) is 27.3. The summed E-state index contributed by atoms with van der Waals surface area (Å²) in [6, 6.07) is 18.9. The Morgan fingerprint density at radius 3 is 2.39 bits per heavy atom. The normalized spacial score (nSPS) is 13.8. The van der Waals surface area contributed by atoms with Crippen molar-refractivity contribution >= 4 is 34.8 Å². The molecule has 0 saturated heterocycles. The van der Waals surface area contributed by atoms with Crippen molar-refractivity contribution in [2.24, 2.45) is 5.10 Å². The highest BCUT2D eigenvalue weighted by atomic mass is 19.4. The van der Waals surface area contributed by atoms with Crippen LogP contribution in [0.5, 0.6) is 11.5 Å². The summed E-state index contributed by atoms with van der Waals surface area (Å²) in [6.45, 7) is 3.77. The van der Waals surface area contributed by atoms with Gasteiger partial charge in [0.25, 0.3) is 5.91 Å². The number of aromatic hydroxyl groups is 1. The zero-order chi connectivity index (χ0) is 29.5. The number of hydrazone groups is 1. The van der Waals surface area contributed by atoms with Crippen LogP contribution in [-0.4, -0.2) is 28.0 Å². The van der Waals surface area contributed by atoms with Crippen LogP contribution in [0.4, 0.5) is 35.0 Å². The number of halogens is 3. The van der Waals surface area contributed by atoms with Gasteiger partial charge in [0.2, 0.25) is 0 Å². The number of fused-ring (bicyclic) bond motifs is 1. The summed E-state index contributed by atoms with van der Waals surface area (Å²) in [5.41, 5.74) is 4.75. The molecule has 0 aromatic heterocycles. The van der Waals surface area contributed by atoms with Gasteiger partial charge in [-0.05, 0) is 79.1 Å². The Morgan fingerprint density at radius 1 is 0.927 bits per heavy atom. The smallest absolute Gasteiger partial charge is 0.505 e. The number of carbonyl (C=O) groups is 2. The van der Waals surface area contributed by atoms with Crippen LogP contribution in [0.3, 0.4) is 0 Å². The van der Waals surface area contributed by atoms with Crippen LogP contribution >= 0.6 is 0 Å². The minimum atomic E-state index is -4.64. The SMILES string of the molecule is Cc1ccc(N2C(=O)C(=NNc3cccc(-c4cccc(OC(=O)O)c4)c3O)c3cc(C(F)(F)F)ccc32)cc1C. The number of hydrogen-bond acceptors (Lipinski definition) is 6. The second-order valence-corrected chi connectivity index (χ2v) is 9.31. The summed E-state index contributed by atoms with van der Waals surface area (Å²) in [5, 5.41) is 24.0. The molecule has 1 heterocycles. The maximum absolute atomic E-state index is 13.6. The summed E-state index contributed by atoms with van der Waals surface area (Å²) in [4.78, 5) is 25.8. The number of carbonyl (C=O) groups excluding carboxylic acids is 1. The van der Waals surface area contributed by atoms with Crippen LogP contribution < -0.4 is 15.1 Å². The van der Waals surface area contributed by atoms with Crippen molar-refractivity contribution in [2.45, 2.75) is 20.0 Å². The number of nitrogens with one attached hydrogen (secondary N) is 1. The molecule has 1 aliphatic rings. The lowest BCUT2D eigenvalue weighted by atomic mass is 10.0. The van der Waals surface area contributed by atoms with Crippen LogP contribution in [0.25, 0.3) is 11.1 Å². The molecule has 8 nitrogen and oxygen atoms in total. The van der Waals surface area contributed by atoms with Gasteiger partial charge in [-0.15, -0.1) is 0 Å². The molecular weight excluding hydrogens is 539 g/mol. The van der Waals surface area contributed by atoms with E-state index in [-0.39, 0.29) is 34.1 Å². The van der Waals surface area contributed by atoms with Crippen LogP contribution in [0, 0.1) is 13.8 Å². The van der Waals surface area contributed by atoms with Gasteiger partial charge in [-0.3, -0.25) is 15.1 Å². The first-order chi connectivity index (χ1) is 19.4. The Labute approximate surface area is 231 Å². The number of para-hydroxylation sites is 1. The second kappa shape index (κ2) is 10.3. The Morgan fingerprint density at radius 2 is 1.68 bits per heavy atom. The van der Waals surface area contributed by atoms with Crippen LogP contribution in [0.15, 0.2) is 84.0 Å². The van der Waals surface area contributed by atoms with Gasteiger partial charge in [0.15, 0.2) is 5.71 Å². The van der Waals surface area contributed by atoms with E-state index < -0.39 is 23.8 Å². The molecule has 11 heteroatoms. The molecule has 1 amide bonds. The molecule has 4 aromatic carbocycles. The monoisotopic (exact) mass is 561 g/mol. The molecular formula is C30H22F3N3O5. The molecule has 0 bridgehead atoms. The lowest BCUT2D eigenvalue weighted by Crippen LogP contribution is -2.26. The maximum Gasteiger partial charge on any atom is 0.511 e. The van der Waals surface area contributed by atoms with E-state index in [1.807, 2.05) is 19.9 Å². The van der Waals surface area contributed by atoms with E-state index in [0.717, 1.165) is 23.3 Å². The molecule has 41 heavy (non-hydrogen) atoms. The van der Waals surface area contributed by atoms with Crippen molar-refractivity contribution in [3.8, 4) is 22.6 Å². The fourth-order valence-corrected chi connectivity index (χ4v) is 4.47. The predicted octanol–water partition coefficient (Wildman–Crippen LogP) is 7.25. The van der Waals surface area contributed by atoms with Crippen LogP contribution in [0.2, 0.25) is 0 Å². The van der Waals surface area contributed by atoms with Gasteiger partial charge in [-0.2, -0.15) is 18.3 Å². The molecule has 0 saturated carbocycles. The van der Waals surface area contributed by atoms with Crippen molar-refractivity contribution in [3.05, 3.63) is 101 Å². The first-order valence-electron chi connectivity index (χ1n) is 12.2. The standard InChI is InChI=1S/C30H22F3N3O5/c1-16-9-11-20(13-17(16)2)36-25-12-10-19(30(31,32)33)15-23(25)26(28(36)38)35-34-24-8-4-7-22(27(24)37)18-5-3-6-21(14-18)41-29(39)40/h3-15,34,37H,1-2H3,(H,39,40). The van der Waals surface area contributed by atoms with Gasteiger partial charge in [0.05, 0.1) is 16.9 Å². The minimum Gasteiger partial charge on any atom is -0.505 e. The van der Waals surface area contributed by atoms with E-state index >= 15 is 0 Å². The van der Waals surface area contributed by atoms with Crippen molar-refractivity contribution in [3.63, 3.8) is 0 Å². The van der Waals surface area contributed by atoms with Gasteiger partial charge in [0, 0.05) is 16.8 Å². The highest BCUT2D eigenvalue weighted by Gasteiger charge is 2.39. The number of rotatable bonds is 5. The largest absolute Gasteiger partial charge is 0.511 e. The number of benzene rings is 4. The molecule has 0 atom stereocenters. The number of anilines is 3. The van der Waals surface area contributed by atoms with Gasteiger partial charge in [-0.25, -0.2) is 4.79 Å². The van der Waals surface area contributed by atoms with Crippen molar-refractivity contribution in [2.75, 3.05) is 10.3 Å². The molecule has 1 aliphatic heterocycles. The van der Waals surface area contributed by atoms with Crippen molar-refractivity contribution < 1.29 is 37.7 Å². The Hall–Kier alpha value is -5.32. The fourth-order valence-electron chi connectivity index (χ4n) is 4.47. The molecule has 5 rings (SSSR count). The number of aryl methyl sites for hydroxylation is 2. The molecule has 0 unspecified atom stereocenters. The van der Waals surface area contributed by atoms with Gasteiger partial charge >= 0.3 is 12.3 Å². The van der Waals surface area contributed by atoms with E-state index in [4.69, 9.17) is 5.11 Å². The lowest BCUT2D eigenvalue weighted by Gasteiger charge is -2.18. The highest BCUT2D eigenvalue weighted by molar-refractivity contribution is 6.55. The van der Waals surface area contributed by atoms with Crippen molar-refractivity contribution in [1.29, 1.82) is 0 Å². The number of alkyl halides is 3. The lowest BCUT2D eigenvalue weighted by molar-refractivity contribution is -0.137. The molecule has 208 valence electrons. The molecule has 0 fully saturated rings. The Balaban J connectivity index is 1.55. The zero-order valence-electron chi connectivity index (χ0n) is 21.7. The quantitative estimate of drug-likeness (QED) is 0.102. The fraction of sp³-hybridized carbons (Fsp3) is 0.100. The minimum absolute atomic E-state index is 0.0234. The third kappa shape index (κ3) is 5.29. The van der Waals surface area contributed by atoms with Gasteiger partial charge < -0.3 is 14.9 Å². The first-order valence-corrected chi connectivity index (χ1v) is 12.2. The summed E-state index contributed by atoms with van der Waals surface area (Å²) in [6.07, 6.45) is -6.14. The average Bonchev–Trinajstić information content (AvgIpc) is 3.19. The Kier molecular flexibility index (Phi) is 6.87. The average molecular weight is 562 g/mol. The van der Waals surface area contributed by atoms with Crippen LogP contribution in [0.1, 0.15) is 22.3 Å². The summed E-state index contributed by atoms with van der Waals surface area (Å²) >= 11 is 0. The maximum atomic E-state index is 13.6.